The van der Waals surface area contributed by atoms with Gasteiger partial charge in [0.1, 0.15) is 11.3 Å². The third kappa shape index (κ3) is 4.29. The molecular formula is C16H21F3O. The summed E-state index contributed by atoms with van der Waals surface area (Å²) in [7, 11) is 0. The van der Waals surface area contributed by atoms with E-state index in [2.05, 4.69) is 6.58 Å². The minimum absolute atomic E-state index is 0.0641. The molecule has 112 valence electrons. The quantitative estimate of drug-likeness (QED) is 0.487. The first-order valence-electron chi connectivity index (χ1n) is 6.85. The lowest BCUT2D eigenvalue weighted by atomic mass is 9.97. The van der Waals surface area contributed by atoms with Gasteiger partial charge in [0.25, 0.3) is 0 Å². The second-order valence-electron chi connectivity index (χ2n) is 4.75. The molecular weight excluding hydrogens is 265 g/mol. The predicted octanol–water partition coefficient (Wildman–Crippen LogP) is 5.31. The molecule has 0 unspecified atom stereocenters. The van der Waals surface area contributed by atoms with Gasteiger partial charge < -0.3 is 4.74 Å². The third-order valence-electron chi connectivity index (χ3n) is 3.20. The van der Waals surface area contributed by atoms with Gasteiger partial charge >= 0.3 is 6.18 Å². The zero-order valence-electron chi connectivity index (χ0n) is 12.0. The van der Waals surface area contributed by atoms with Crippen LogP contribution in [0.4, 0.5) is 13.2 Å². The van der Waals surface area contributed by atoms with E-state index in [4.69, 9.17) is 4.74 Å². The maximum Gasteiger partial charge on any atom is 0.420 e. The summed E-state index contributed by atoms with van der Waals surface area (Å²) in [6, 6.07) is 3.15. The molecule has 0 aromatic heterocycles. The van der Waals surface area contributed by atoms with Crippen LogP contribution in [0.5, 0.6) is 5.75 Å². The molecule has 0 aliphatic heterocycles. The van der Waals surface area contributed by atoms with Crippen LogP contribution >= 0.6 is 0 Å². The number of halogens is 3. The summed E-state index contributed by atoms with van der Waals surface area (Å²) in [5, 5.41) is 0. The van der Waals surface area contributed by atoms with Gasteiger partial charge in [-0.1, -0.05) is 25.5 Å². The number of rotatable bonds is 7. The van der Waals surface area contributed by atoms with Crippen LogP contribution in [0.25, 0.3) is 0 Å². The van der Waals surface area contributed by atoms with Gasteiger partial charge in [-0.3, -0.25) is 0 Å². The molecule has 20 heavy (non-hydrogen) atoms. The van der Waals surface area contributed by atoms with E-state index < -0.39 is 11.7 Å². The van der Waals surface area contributed by atoms with Crippen LogP contribution in [0.3, 0.4) is 0 Å². The molecule has 0 fully saturated rings. The van der Waals surface area contributed by atoms with E-state index in [9.17, 15) is 13.2 Å². The standard InChI is InChI=1S/C16H21F3O/c1-4-6-8-13-9-10-14(20-11-7-5-2)15(12(13)3)16(17,18)19/h4,9-10H,1,5-8,11H2,2-3H3. The van der Waals surface area contributed by atoms with E-state index in [0.717, 1.165) is 12.8 Å². The van der Waals surface area contributed by atoms with Gasteiger partial charge in [0.2, 0.25) is 0 Å². The molecule has 0 saturated carbocycles. The van der Waals surface area contributed by atoms with Crippen LogP contribution < -0.4 is 4.74 Å². The zero-order valence-corrected chi connectivity index (χ0v) is 12.0. The smallest absolute Gasteiger partial charge is 0.420 e. The zero-order chi connectivity index (χ0) is 15.2. The first kappa shape index (κ1) is 16.6. The summed E-state index contributed by atoms with van der Waals surface area (Å²) in [5.74, 6) is -0.0641. The Kier molecular flexibility index (Phi) is 6.11. The first-order chi connectivity index (χ1) is 9.41. The van der Waals surface area contributed by atoms with Gasteiger partial charge in [0, 0.05) is 0 Å². The Balaban J connectivity index is 3.11. The Hall–Kier alpha value is -1.45. The van der Waals surface area contributed by atoms with Crippen molar-refractivity contribution in [3.63, 3.8) is 0 Å². The average Bonchev–Trinajstić information content (AvgIpc) is 2.36. The summed E-state index contributed by atoms with van der Waals surface area (Å²) in [6.45, 7) is 7.39. The number of hydrogen-bond acceptors (Lipinski definition) is 1. The Morgan fingerprint density at radius 3 is 2.55 bits per heavy atom. The number of allylic oxidation sites excluding steroid dienone is 1. The maximum atomic E-state index is 13.2. The summed E-state index contributed by atoms with van der Waals surface area (Å²) in [6.07, 6.45) is 0.169. The molecule has 4 heteroatoms. The Morgan fingerprint density at radius 2 is 2.00 bits per heavy atom. The van der Waals surface area contributed by atoms with Crippen molar-refractivity contribution in [2.24, 2.45) is 0 Å². The van der Waals surface area contributed by atoms with Gasteiger partial charge in [-0.05, 0) is 43.4 Å². The molecule has 1 aromatic rings. The fourth-order valence-corrected chi connectivity index (χ4v) is 2.06. The highest BCUT2D eigenvalue weighted by Gasteiger charge is 2.36. The average molecular weight is 286 g/mol. The largest absolute Gasteiger partial charge is 0.493 e. The van der Waals surface area contributed by atoms with E-state index in [-0.39, 0.29) is 11.3 Å². The fourth-order valence-electron chi connectivity index (χ4n) is 2.06. The van der Waals surface area contributed by atoms with Gasteiger partial charge in [0.05, 0.1) is 6.61 Å². The second-order valence-corrected chi connectivity index (χ2v) is 4.75. The molecule has 0 heterocycles. The van der Waals surface area contributed by atoms with Crippen LogP contribution in [0.2, 0.25) is 0 Å². The normalized spacial score (nSPS) is 11.4. The van der Waals surface area contributed by atoms with Crippen molar-refractivity contribution in [2.45, 2.75) is 45.7 Å². The lowest BCUT2D eigenvalue weighted by Gasteiger charge is -2.18. The molecule has 0 saturated heterocycles. The van der Waals surface area contributed by atoms with Gasteiger partial charge in [-0.2, -0.15) is 13.2 Å². The van der Waals surface area contributed by atoms with E-state index in [1.165, 1.54) is 13.0 Å². The van der Waals surface area contributed by atoms with Crippen LogP contribution in [0.1, 0.15) is 42.9 Å². The number of unbranched alkanes of at least 4 members (excludes halogenated alkanes) is 1. The van der Waals surface area contributed by atoms with Crippen LogP contribution in [-0.4, -0.2) is 6.61 Å². The number of aryl methyl sites for hydroxylation is 1. The van der Waals surface area contributed by atoms with Gasteiger partial charge in [0.15, 0.2) is 0 Å². The third-order valence-corrected chi connectivity index (χ3v) is 3.20. The minimum Gasteiger partial charge on any atom is -0.493 e. The molecule has 0 aliphatic rings. The molecule has 0 amide bonds. The van der Waals surface area contributed by atoms with Crippen molar-refractivity contribution in [3.8, 4) is 5.75 Å². The fraction of sp³-hybridized carbons (Fsp3) is 0.500. The molecule has 1 rings (SSSR count). The Labute approximate surface area is 118 Å². The summed E-state index contributed by atoms with van der Waals surface area (Å²) >= 11 is 0. The maximum absolute atomic E-state index is 13.2. The summed E-state index contributed by atoms with van der Waals surface area (Å²) in [5.41, 5.74) is 0.309. The van der Waals surface area contributed by atoms with E-state index in [1.54, 1.807) is 12.1 Å². The minimum atomic E-state index is -4.39. The number of benzene rings is 1. The van der Waals surface area contributed by atoms with Crippen molar-refractivity contribution in [1.82, 2.24) is 0 Å². The highest BCUT2D eigenvalue weighted by molar-refractivity contribution is 5.46. The highest BCUT2D eigenvalue weighted by atomic mass is 19.4. The van der Waals surface area contributed by atoms with Gasteiger partial charge in [-0.15, -0.1) is 6.58 Å². The molecule has 0 N–H and O–H groups in total. The van der Waals surface area contributed by atoms with Crippen molar-refractivity contribution < 1.29 is 17.9 Å². The lowest BCUT2D eigenvalue weighted by molar-refractivity contribution is -0.139. The van der Waals surface area contributed by atoms with Crippen LogP contribution in [0, 0.1) is 6.92 Å². The molecule has 0 spiro atoms. The Bertz CT molecular complexity index is 450. The monoisotopic (exact) mass is 286 g/mol. The molecule has 0 aliphatic carbocycles. The van der Waals surface area contributed by atoms with E-state index >= 15 is 0 Å². The number of ether oxygens (including phenoxy) is 1. The summed E-state index contributed by atoms with van der Waals surface area (Å²) in [4.78, 5) is 0. The predicted molar refractivity (Wildman–Crippen MR) is 75.1 cm³/mol. The van der Waals surface area contributed by atoms with Crippen molar-refractivity contribution in [1.29, 1.82) is 0 Å². The van der Waals surface area contributed by atoms with Gasteiger partial charge in [-0.25, -0.2) is 0 Å². The van der Waals surface area contributed by atoms with Crippen molar-refractivity contribution in [3.05, 3.63) is 41.5 Å². The molecule has 0 radical (unpaired) electrons. The lowest BCUT2D eigenvalue weighted by Crippen LogP contribution is -2.13. The number of hydrogen-bond donors (Lipinski definition) is 0. The molecule has 1 nitrogen and oxygen atoms in total. The molecule has 0 bridgehead atoms. The van der Waals surface area contributed by atoms with Crippen LogP contribution in [0.15, 0.2) is 24.8 Å². The van der Waals surface area contributed by atoms with Crippen molar-refractivity contribution >= 4 is 0 Å². The molecule has 1 aromatic carbocycles. The number of alkyl halides is 3. The van der Waals surface area contributed by atoms with Crippen LogP contribution in [-0.2, 0) is 12.6 Å². The topological polar surface area (TPSA) is 9.23 Å². The van der Waals surface area contributed by atoms with E-state index in [1.807, 2.05) is 6.92 Å². The van der Waals surface area contributed by atoms with E-state index in [0.29, 0.717) is 25.0 Å². The summed E-state index contributed by atoms with van der Waals surface area (Å²) < 4.78 is 45.0. The van der Waals surface area contributed by atoms with Crippen molar-refractivity contribution in [2.75, 3.05) is 6.61 Å². The SMILES string of the molecule is C=CCCc1ccc(OCCCC)c(C(F)(F)F)c1C. The Morgan fingerprint density at radius 1 is 1.30 bits per heavy atom. The first-order valence-corrected chi connectivity index (χ1v) is 6.85. The second kappa shape index (κ2) is 7.36. The molecule has 0 atom stereocenters. The highest BCUT2D eigenvalue weighted by Crippen LogP contribution is 2.40.